The zero-order valence-electron chi connectivity index (χ0n) is 18.4. The minimum absolute atomic E-state index is 0.0782. The zero-order valence-corrected chi connectivity index (χ0v) is 18.4. The van der Waals surface area contributed by atoms with Gasteiger partial charge >= 0.3 is 17.1 Å². The van der Waals surface area contributed by atoms with Crippen molar-refractivity contribution in [2.75, 3.05) is 6.61 Å². The summed E-state index contributed by atoms with van der Waals surface area (Å²) in [4.78, 5) is 39.9. The number of nitrogens with two attached hydrogens (primary N) is 1. The van der Waals surface area contributed by atoms with E-state index in [1.807, 2.05) is 18.2 Å². The molecule has 1 aliphatic carbocycles. The lowest BCUT2D eigenvalue weighted by Crippen LogP contribution is -2.55. The predicted octanol–water partition coefficient (Wildman–Crippen LogP) is 2.20. The summed E-state index contributed by atoms with van der Waals surface area (Å²) < 4.78 is 23.1. The number of ether oxygens (including phenoxy) is 1. The molecule has 0 amide bonds. The Kier molecular flexibility index (Phi) is 6.60. The fraction of sp³-hybridized carbons (Fsp3) is 0.375. The van der Waals surface area contributed by atoms with Gasteiger partial charge in [-0.05, 0) is 43.4 Å². The molecule has 0 aliphatic heterocycles. The Labute approximate surface area is 189 Å². The van der Waals surface area contributed by atoms with Crippen LogP contribution in [0.15, 0.2) is 62.9 Å². The summed E-state index contributed by atoms with van der Waals surface area (Å²) in [6, 6.07) is 12.6. The van der Waals surface area contributed by atoms with Crippen molar-refractivity contribution in [1.29, 1.82) is 0 Å². The minimum Gasteiger partial charge on any atom is -0.491 e. The number of halogens is 1. The standard InChI is InChI=1S/C24H27FN4O4/c1-2-33-20-13-7-12-19(21(20)25)29-23(31)27(14-16-8-6-9-16)22(30)28(24(29)32)15-18(26)17-10-4-3-5-11-17/h3-5,7,10-13,16,18H,2,6,8-9,14-15,26H2,1H3/t18-/m0/s1. The van der Waals surface area contributed by atoms with E-state index in [-0.39, 0.29) is 37.1 Å². The largest absolute Gasteiger partial charge is 0.491 e. The monoisotopic (exact) mass is 454 g/mol. The molecule has 0 saturated heterocycles. The molecule has 4 rings (SSSR count). The predicted molar refractivity (Wildman–Crippen MR) is 122 cm³/mol. The number of rotatable bonds is 8. The number of aromatic nitrogens is 3. The van der Waals surface area contributed by atoms with Crippen LogP contribution in [0.2, 0.25) is 0 Å². The van der Waals surface area contributed by atoms with Crippen LogP contribution >= 0.6 is 0 Å². The summed E-state index contributed by atoms with van der Waals surface area (Å²) in [5.41, 5.74) is 4.22. The highest BCUT2D eigenvalue weighted by Crippen LogP contribution is 2.27. The molecule has 1 aliphatic rings. The van der Waals surface area contributed by atoms with Gasteiger partial charge in [-0.2, -0.15) is 0 Å². The molecule has 0 radical (unpaired) electrons. The molecule has 1 saturated carbocycles. The average molecular weight is 455 g/mol. The Morgan fingerprint density at radius 2 is 1.70 bits per heavy atom. The Bertz CT molecular complexity index is 1310. The van der Waals surface area contributed by atoms with Crippen LogP contribution in [0.5, 0.6) is 5.75 Å². The smallest absolute Gasteiger partial charge is 0.341 e. The molecule has 174 valence electrons. The maximum atomic E-state index is 15.2. The number of nitrogens with zero attached hydrogens (tertiary/aromatic N) is 3. The van der Waals surface area contributed by atoms with Gasteiger partial charge in [0.05, 0.1) is 18.8 Å². The second kappa shape index (κ2) is 9.58. The number of hydrogen-bond donors (Lipinski definition) is 1. The van der Waals surface area contributed by atoms with Crippen molar-refractivity contribution in [1.82, 2.24) is 13.7 Å². The summed E-state index contributed by atoms with van der Waals surface area (Å²) >= 11 is 0. The van der Waals surface area contributed by atoms with Gasteiger partial charge in [0, 0.05) is 12.6 Å². The topological polar surface area (TPSA) is 101 Å². The van der Waals surface area contributed by atoms with E-state index >= 15 is 4.39 Å². The third kappa shape index (κ3) is 4.41. The Morgan fingerprint density at radius 1 is 1.00 bits per heavy atom. The first kappa shape index (κ1) is 22.7. The second-order valence-electron chi connectivity index (χ2n) is 8.24. The maximum absolute atomic E-state index is 15.2. The van der Waals surface area contributed by atoms with Crippen molar-refractivity contribution in [3.8, 4) is 11.4 Å². The highest BCUT2D eigenvalue weighted by Gasteiger charge is 2.25. The van der Waals surface area contributed by atoms with Crippen LogP contribution in [0.1, 0.15) is 37.8 Å². The summed E-state index contributed by atoms with van der Waals surface area (Å²) in [7, 11) is 0. The average Bonchev–Trinajstić information content (AvgIpc) is 2.78. The zero-order chi connectivity index (χ0) is 23.5. The molecule has 3 aromatic rings. The summed E-state index contributed by atoms with van der Waals surface area (Å²) in [6.45, 7) is 1.94. The molecule has 1 heterocycles. The lowest BCUT2D eigenvalue weighted by Gasteiger charge is -2.26. The van der Waals surface area contributed by atoms with Gasteiger partial charge in [-0.15, -0.1) is 0 Å². The normalized spacial score (nSPS) is 14.6. The maximum Gasteiger partial charge on any atom is 0.341 e. The van der Waals surface area contributed by atoms with Crippen molar-refractivity contribution < 1.29 is 9.13 Å². The fourth-order valence-electron chi connectivity index (χ4n) is 4.03. The van der Waals surface area contributed by atoms with Gasteiger partial charge in [0.1, 0.15) is 0 Å². The van der Waals surface area contributed by atoms with Crippen LogP contribution in [0.4, 0.5) is 4.39 Å². The van der Waals surface area contributed by atoms with Crippen LogP contribution in [0.25, 0.3) is 5.69 Å². The van der Waals surface area contributed by atoms with Gasteiger partial charge in [-0.25, -0.2) is 32.5 Å². The fourth-order valence-corrected chi connectivity index (χ4v) is 4.03. The van der Waals surface area contributed by atoms with E-state index in [2.05, 4.69) is 0 Å². The first-order valence-corrected chi connectivity index (χ1v) is 11.1. The highest BCUT2D eigenvalue weighted by molar-refractivity contribution is 5.41. The quantitative estimate of drug-likeness (QED) is 0.562. The first-order valence-electron chi connectivity index (χ1n) is 11.1. The molecular weight excluding hydrogens is 427 g/mol. The van der Waals surface area contributed by atoms with E-state index < -0.39 is 28.9 Å². The molecule has 1 atom stereocenters. The van der Waals surface area contributed by atoms with Crippen molar-refractivity contribution in [2.24, 2.45) is 11.7 Å². The van der Waals surface area contributed by atoms with E-state index in [0.29, 0.717) is 4.57 Å². The van der Waals surface area contributed by atoms with Crippen molar-refractivity contribution >= 4 is 0 Å². The molecule has 9 heteroatoms. The van der Waals surface area contributed by atoms with E-state index in [4.69, 9.17) is 10.5 Å². The van der Waals surface area contributed by atoms with Crippen LogP contribution in [-0.4, -0.2) is 20.3 Å². The summed E-state index contributed by atoms with van der Waals surface area (Å²) in [6.07, 6.45) is 2.81. The van der Waals surface area contributed by atoms with Gasteiger partial charge < -0.3 is 10.5 Å². The SMILES string of the molecule is CCOc1cccc(-n2c(=O)n(CC3CCC3)c(=O)n(C[C@H](N)c3ccccc3)c2=O)c1F. The first-order chi connectivity index (χ1) is 15.9. The van der Waals surface area contributed by atoms with E-state index in [9.17, 15) is 14.4 Å². The molecule has 0 unspecified atom stereocenters. The molecule has 1 fully saturated rings. The third-order valence-electron chi connectivity index (χ3n) is 6.06. The van der Waals surface area contributed by atoms with Crippen LogP contribution in [0, 0.1) is 11.7 Å². The Morgan fingerprint density at radius 3 is 2.33 bits per heavy atom. The Balaban J connectivity index is 1.89. The molecule has 1 aromatic heterocycles. The molecule has 2 aromatic carbocycles. The van der Waals surface area contributed by atoms with E-state index in [1.54, 1.807) is 19.1 Å². The van der Waals surface area contributed by atoms with Crippen molar-refractivity contribution in [3.05, 3.63) is 91.4 Å². The second-order valence-corrected chi connectivity index (χ2v) is 8.24. The molecule has 33 heavy (non-hydrogen) atoms. The Hall–Kier alpha value is -3.46. The molecular formula is C24H27FN4O4. The summed E-state index contributed by atoms with van der Waals surface area (Å²) in [5.74, 6) is -0.755. The number of benzene rings is 2. The lowest BCUT2D eigenvalue weighted by molar-refractivity contribution is 0.261. The van der Waals surface area contributed by atoms with Crippen LogP contribution < -0.4 is 27.5 Å². The molecule has 2 N–H and O–H groups in total. The lowest BCUT2D eigenvalue weighted by atomic mass is 9.85. The molecule has 0 bridgehead atoms. The van der Waals surface area contributed by atoms with Crippen molar-refractivity contribution in [2.45, 2.75) is 45.3 Å². The summed E-state index contributed by atoms with van der Waals surface area (Å²) in [5, 5.41) is 0. The van der Waals surface area contributed by atoms with Crippen molar-refractivity contribution in [3.63, 3.8) is 0 Å². The van der Waals surface area contributed by atoms with E-state index in [0.717, 1.165) is 34.0 Å². The third-order valence-corrected chi connectivity index (χ3v) is 6.06. The minimum atomic E-state index is -0.936. The van der Waals surface area contributed by atoms with E-state index in [1.165, 1.54) is 18.2 Å². The van der Waals surface area contributed by atoms with Crippen LogP contribution in [0.3, 0.4) is 0 Å². The molecule has 0 spiro atoms. The van der Waals surface area contributed by atoms with Gasteiger partial charge in [0.2, 0.25) is 0 Å². The number of hydrogen-bond acceptors (Lipinski definition) is 5. The molecule has 8 nitrogen and oxygen atoms in total. The van der Waals surface area contributed by atoms with Gasteiger partial charge in [-0.3, -0.25) is 0 Å². The van der Waals surface area contributed by atoms with Gasteiger partial charge in [0.25, 0.3) is 0 Å². The van der Waals surface area contributed by atoms with Gasteiger partial charge in [-0.1, -0.05) is 42.8 Å². The van der Waals surface area contributed by atoms with Gasteiger partial charge in [0.15, 0.2) is 11.6 Å². The van der Waals surface area contributed by atoms with Crippen LogP contribution in [-0.2, 0) is 13.1 Å². The highest BCUT2D eigenvalue weighted by atomic mass is 19.1.